The van der Waals surface area contributed by atoms with Gasteiger partial charge in [-0.25, -0.2) is 4.79 Å². The van der Waals surface area contributed by atoms with Crippen LogP contribution < -0.4 is 68.9 Å². The minimum atomic E-state index is -2.99. The van der Waals surface area contributed by atoms with Crippen LogP contribution in [0.2, 0.25) is 5.04 Å². The third kappa shape index (κ3) is 25.4. The number of carbonyl (C=O) groups is 11. The molecule has 1 aliphatic rings. The van der Waals surface area contributed by atoms with E-state index in [0.717, 1.165) is 54.2 Å². The van der Waals surface area contributed by atoms with Gasteiger partial charge in [0.15, 0.2) is 0 Å². The summed E-state index contributed by atoms with van der Waals surface area (Å²) in [4.78, 5) is 169. The molecule has 6 aromatic carbocycles. The highest BCUT2D eigenvalue weighted by Crippen LogP contribution is 2.37. The van der Waals surface area contributed by atoms with Crippen molar-refractivity contribution in [2.45, 2.75) is 233 Å². The number of alkyl carbamates (subject to hydrolysis) is 1. The van der Waals surface area contributed by atoms with Gasteiger partial charge in [-0.3, -0.25) is 47.9 Å². The summed E-state index contributed by atoms with van der Waals surface area (Å²) in [6, 6.07) is 40.5. The number of rotatable bonds is 42. The number of fused-ring (bicyclic) bond motifs is 3. The number of carbonyl (C=O) groups excluding carboxylic acids is 11. The topological polar surface area (TPSA) is 395 Å². The zero-order chi connectivity index (χ0) is 90.4. The molecule has 125 heavy (non-hydrogen) atoms. The third-order valence-electron chi connectivity index (χ3n) is 23.0. The molecule has 12 atom stereocenters. The Hall–Kier alpha value is -12.0. The molecule has 10 rings (SSSR count). The van der Waals surface area contributed by atoms with Crippen molar-refractivity contribution in [2.24, 2.45) is 29.6 Å². The number of aromatic amines is 3. The molecule has 29 heteroatoms. The Kier molecular flexibility index (Phi) is 33.6. The maximum absolute atomic E-state index is 15.2. The molecule has 14 N–H and O–H groups in total. The summed E-state index contributed by atoms with van der Waals surface area (Å²) in [7, 11) is -2.99. The number of hydrogen-bond donors (Lipinski definition) is 14. The van der Waals surface area contributed by atoms with Gasteiger partial charge < -0.3 is 87.3 Å². The Morgan fingerprint density at radius 1 is 0.408 bits per heavy atom. The lowest BCUT2D eigenvalue weighted by Crippen LogP contribution is -2.67. The minimum absolute atomic E-state index is 0.00520. The summed E-state index contributed by atoms with van der Waals surface area (Å²) in [6.45, 7) is 27.9. The normalized spacial score (nSPS) is 16.1. The molecule has 1 aliphatic heterocycles. The fourth-order valence-corrected chi connectivity index (χ4v) is 20.8. The van der Waals surface area contributed by atoms with E-state index in [1.54, 1.807) is 85.1 Å². The Morgan fingerprint density at radius 3 is 1.21 bits per heavy atom. The predicted molar refractivity (Wildman–Crippen MR) is 486 cm³/mol. The number of aromatic nitrogens is 3. The van der Waals surface area contributed by atoms with Crippen molar-refractivity contribution in [3.8, 4) is 0 Å². The molecule has 1 fully saturated rings. The van der Waals surface area contributed by atoms with Gasteiger partial charge in [-0.15, -0.1) is 0 Å². The molecule has 0 saturated carbocycles. The number of H-pyrrole nitrogens is 3. The Bertz CT molecular complexity index is 5120. The van der Waals surface area contributed by atoms with Crippen molar-refractivity contribution in [3.63, 3.8) is 0 Å². The number of para-hydroxylation sites is 3. The zero-order valence-electron chi connectivity index (χ0n) is 74.4. The van der Waals surface area contributed by atoms with Crippen molar-refractivity contribution < 1.29 is 66.6 Å². The van der Waals surface area contributed by atoms with E-state index in [-0.39, 0.29) is 75.2 Å². The van der Waals surface area contributed by atoms with Crippen molar-refractivity contribution in [3.05, 3.63) is 205 Å². The summed E-state index contributed by atoms with van der Waals surface area (Å²) in [6.07, 6.45) is 3.53. The zero-order valence-corrected chi connectivity index (χ0v) is 75.4. The quantitative estimate of drug-likeness (QED) is 0.0125. The van der Waals surface area contributed by atoms with Crippen LogP contribution in [-0.2, 0) is 87.7 Å². The molecule has 3 aromatic heterocycles. The molecule has 28 nitrogen and oxygen atoms in total. The first kappa shape index (κ1) is 95.3. The number of amides is 11. The Balaban J connectivity index is 0.802. The van der Waals surface area contributed by atoms with Crippen LogP contribution in [0.25, 0.3) is 32.7 Å². The second kappa shape index (κ2) is 44.1. The van der Waals surface area contributed by atoms with Crippen LogP contribution >= 0.6 is 0 Å². The molecular formula is C96H126N14O14Si. The third-order valence-corrected chi connectivity index (χ3v) is 28.0. The Labute approximate surface area is 733 Å². The summed E-state index contributed by atoms with van der Waals surface area (Å²) >= 11 is 0. The van der Waals surface area contributed by atoms with Crippen LogP contribution in [0.15, 0.2) is 182 Å². The maximum atomic E-state index is 15.2. The summed E-state index contributed by atoms with van der Waals surface area (Å²) in [5.41, 5.74) is 5.34. The highest BCUT2D eigenvalue weighted by atomic mass is 28.4. The molecule has 0 spiro atoms. The summed E-state index contributed by atoms with van der Waals surface area (Å²) in [5, 5.41) is 36.1. The van der Waals surface area contributed by atoms with Gasteiger partial charge >= 0.3 is 6.09 Å². The first-order valence-corrected chi connectivity index (χ1v) is 45.5. The van der Waals surface area contributed by atoms with E-state index in [1.165, 1.54) is 6.92 Å². The predicted octanol–water partition coefficient (Wildman–Crippen LogP) is 9.16. The lowest BCUT2D eigenvalue weighted by molar-refractivity contribution is -0.138. The molecule has 0 aliphatic carbocycles. The van der Waals surface area contributed by atoms with Crippen molar-refractivity contribution in [2.75, 3.05) is 13.2 Å². The number of hydrogen-bond acceptors (Lipinski definition) is 14. The van der Waals surface area contributed by atoms with Crippen LogP contribution in [0.4, 0.5) is 4.79 Å². The van der Waals surface area contributed by atoms with Gasteiger partial charge in [0.1, 0.15) is 67.1 Å². The van der Waals surface area contributed by atoms with E-state index in [4.69, 9.17) is 13.9 Å². The highest BCUT2D eigenvalue weighted by molar-refractivity contribution is 6.99. The van der Waals surface area contributed by atoms with E-state index >= 15 is 14.4 Å². The molecule has 0 radical (unpaired) electrons. The van der Waals surface area contributed by atoms with Crippen molar-refractivity contribution in [1.29, 1.82) is 0 Å². The van der Waals surface area contributed by atoms with Crippen LogP contribution in [0.5, 0.6) is 0 Å². The lowest BCUT2D eigenvalue weighted by Gasteiger charge is -2.43. The van der Waals surface area contributed by atoms with Crippen molar-refractivity contribution in [1.82, 2.24) is 73.4 Å². The molecular weight excluding hydrogens is 1600 g/mol. The van der Waals surface area contributed by atoms with Gasteiger partial charge in [0, 0.05) is 77.1 Å². The number of benzene rings is 6. The Morgan fingerprint density at radius 2 is 0.776 bits per heavy atom. The second-order valence-electron chi connectivity index (χ2n) is 35.7. The molecule has 11 amide bonds. The monoisotopic (exact) mass is 1730 g/mol. The molecule has 0 bridgehead atoms. The maximum Gasteiger partial charge on any atom is 0.408 e. The van der Waals surface area contributed by atoms with Crippen molar-refractivity contribution >= 4 is 117 Å². The van der Waals surface area contributed by atoms with Crippen LogP contribution in [0.3, 0.4) is 0 Å². The van der Waals surface area contributed by atoms with Gasteiger partial charge in [-0.05, 0) is 125 Å². The van der Waals surface area contributed by atoms with Crippen LogP contribution in [-0.4, -0.2) is 174 Å². The molecule has 1 saturated heterocycles. The van der Waals surface area contributed by atoms with E-state index < -0.39 is 164 Å². The van der Waals surface area contributed by atoms with Crippen LogP contribution in [0.1, 0.15) is 152 Å². The molecule has 9 aromatic rings. The summed E-state index contributed by atoms with van der Waals surface area (Å²) < 4.78 is 18.9. The van der Waals surface area contributed by atoms with Gasteiger partial charge in [-0.2, -0.15) is 0 Å². The van der Waals surface area contributed by atoms with Gasteiger partial charge in [0.25, 0.3) is 8.32 Å². The molecule has 0 unspecified atom stereocenters. The lowest BCUT2D eigenvalue weighted by atomic mass is 9.97. The minimum Gasteiger partial charge on any atom is -0.445 e. The number of nitrogens with one attached hydrogen (secondary N) is 14. The largest absolute Gasteiger partial charge is 0.445 e. The van der Waals surface area contributed by atoms with E-state index in [2.05, 4.69) is 118 Å². The first-order valence-electron chi connectivity index (χ1n) is 43.6. The smallest absolute Gasteiger partial charge is 0.408 e. The van der Waals surface area contributed by atoms with Gasteiger partial charge in [0.05, 0.1) is 18.8 Å². The van der Waals surface area contributed by atoms with E-state index in [0.29, 0.717) is 17.5 Å². The SMILES string of the molecule is CC(C)C[C@@H](NC(=O)[C@H](Cc1c[nH]c2ccccc12)NC(=O)[C@H]1CC[C@@H]([C@H](C)NC(=O)[C@@H](CC(C)C)NC(=O)[C@H](Cc2c[nH]c3ccccc23)NC(=O)[C@H](NC(=O)[C@@H](NC(=O)[C@H](NC(=O)[C@H](C)NC(=O)OCc2ccccc2)C(C)C)C(C)C)C(C)C)O1)C(=O)N[C@@H](Cc1c[nH]c2ccccc12)C(=O)NCCO[Si](c1ccccc1)(c1ccccc1)C(C)(C)C. The first-order chi connectivity index (χ1) is 59.6. The van der Waals surface area contributed by atoms with E-state index in [1.807, 2.05) is 149 Å². The highest BCUT2D eigenvalue weighted by Gasteiger charge is 2.50. The van der Waals surface area contributed by atoms with Gasteiger partial charge in [0.2, 0.25) is 59.1 Å². The molecule has 668 valence electrons. The van der Waals surface area contributed by atoms with E-state index in [9.17, 15) is 38.4 Å². The average molecular weight is 1730 g/mol. The average Bonchev–Trinajstić information content (AvgIpc) is 1.48. The fraction of sp³-hybridized carbons (Fsp3) is 0.448. The standard InChI is InChI=1S/C96H126N14O14Si/c1-56(2)47-75(103-90(116)79(51-66-54-100-74-42-30-27-39-71(66)74)107-92(118)82(58(5)6)109-94(120)84(60(9)10)110-93(119)83(59(7)8)108-85(111)62(12)102-95(121)122-55-63-31-19-16-20-32-63)87(113)101-61(11)80-43-44-81(124-80)91(117)106-78(50-65-53-99-73-41-29-26-38-70(65)73)89(115)104-76(48-57(3)4)88(114)105-77(49-64-52-98-72-40-28-25-37-69(64)72)86(112)97-45-46-123-125(96(13,14)15,67-33-21-17-22-34-67)68-35-23-18-24-36-68/h16-42,52-54,56-62,75-84,98-100H,43-51,55H2,1-15H3,(H,97,112)(H,101,113)(H,102,121)(H,103,116)(H,104,115)(H,105,114)(H,106,117)(H,107,118)(H,108,111)(H,109,120)(H,110,119)/t61-,62-,75+,76+,77-,78-,79-,80-,81+,82+,83+,84-/m0/s1. The summed E-state index contributed by atoms with van der Waals surface area (Å²) in [5.74, 6) is -8.31. The second-order valence-corrected chi connectivity index (χ2v) is 40.0. The number of ether oxygens (including phenoxy) is 2. The molecule has 4 heterocycles. The van der Waals surface area contributed by atoms with Gasteiger partial charge in [-0.1, -0.05) is 236 Å². The van der Waals surface area contributed by atoms with Crippen LogP contribution in [0, 0.1) is 29.6 Å². The fourth-order valence-electron chi connectivity index (χ4n) is 16.2.